The van der Waals surface area contributed by atoms with Gasteiger partial charge in [-0.05, 0) is 37.1 Å². The number of hydrogen-bond donors (Lipinski definition) is 4. The second-order valence-electron chi connectivity index (χ2n) is 15.5. The van der Waals surface area contributed by atoms with Crippen molar-refractivity contribution < 1.29 is 51.3 Å². The summed E-state index contributed by atoms with van der Waals surface area (Å²) in [6.07, 6.45) is 20.3. The molecule has 0 aliphatic carbocycles. The first-order valence-electron chi connectivity index (χ1n) is 20.8. The van der Waals surface area contributed by atoms with E-state index in [0.717, 1.165) is 25.5 Å². The minimum absolute atomic E-state index is 0.0340. The number of phosphoric ester groups is 1. The maximum Gasteiger partial charge on any atom is 0.472 e. The molecule has 1 aliphatic heterocycles. The third-order valence-electron chi connectivity index (χ3n) is 10.6. The maximum absolute atomic E-state index is 13.0. The lowest BCUT2D eigenvalue weighted by molar-refractivity contribution is -0.0901. The lowest BCUT2D eigenvalue weighted by Gasteiger charge is -2.27. The number of fused-ring (bicyclic) bond motifs is 1. The Bertz CT molecular complexity index is 1820. The second kappa shape index (κ2) is 24.0. The van der Waals surface area contributed by atoms with Crippen molar-refractivity contribution >= 4 is 29.0 Å². The normalized spacial score (nSPS) is 21.4. The average Bonchev–Trinajstić information content (AvgIpc) is 3.73. The molecule has 0 radical (unpaired) electrons. The number of rotatable bonds is 30. The van der Waals surface area contributed by atoms with Crippen LogP contribution in [-0.2, 0) is 49.9 Å². The highest BCUT2D eigenvalue weighted by atomic mass is 32.2. The number of unbranched alkanes of at least 4 members (excludes halogenated alkanes) is 15. The Hall–Kier alpha value is -2.57. The van der Waals surface area contributed by atoms with Crippen LogP contribution in [0.5, 0.6) is 0 Å². The summed E-state index contributed by atoms with van der Waals surface area (Å²) in [5, 5.41) is 26.0. The fraction of sp³-hybridized carbons (Fsp3) is 0.725. The van der Waals surface area contributed by atoms with Gasteiger partial charge in [-0.15, -0.1) is 0 Å². The average molecular weight is 856 g/mol. The summed E-state index contributed by atoms with van der Waals surface area (Å²) < 4.78 is 66.9. The smallest absolute Gasteiger partial charge is 0.387 e. The molecule has 6 atom stereocenters. The van der Waals surface area contributed by atoms with Crippen LogP contribution in [0.3, 0.4) is 0 Å². The number of anilines is 1. The van der Waals surface area contributed by atoms with E-state index in [1.165, 1.54) is 113 Å². The molecule has 1 unspecified atom stereocenters. The molecule has 0 spiro atoms. The largest absolute Gasteiger partial charge is 0.472 e. The van der Waals surface area contributed by atoms with E-state index in [2.05, 4.69) is 22.0 Å². The van der Waals surface area contributed by atoms with Gasteiger partial charge in [0.1, 0.15) is 41.9 Å². The third kappa shape index (κ3) is 15.2. The zero-order valence-electron chi connectivity index (χ0n) is 34.5. The van der Waals surface area contributed by atoms with Crippen molar-refractivity contribution in [3.63, 3.8) is 0 Å². The first-order valence-corrected chi connectivity index (χ1v) is 24.2. The predicted octanol–water partition coefficient (Wildman–Crippen LogP) is 6.44. The molecule has 3 aromatic heterocycles. The Morgan fingerprint density at radius 3 is 2.17 bits per heavy atom. The Morgan fingerprint density at radius 1 is 0.931 bits per heavy atom. The van der Waals surface area contributed by atoms with Crippen LogP contribution < -0.4 is 5.73 Å². The standard InChI is InChI=1S/C40H66N5O11PS/c1-4-5-6-7-8-9-10-11-12-13-14-15-16-17-18-19-22-52-27-32(53-26-31-23-33(25-42-24-31)58(3,50)51)28-54-57(48,49)55-29-35-37(46)38(47)40(2,56-35)36-21-20-34-39(41)43-30-44-45(34)36/h20-21,23-25,30,32,35,37-38,46-47H,4-19,22,26-29H2,1-3H3,(H,48,49)(H2,41,43,44)/t32-,35-,37-,38-,40+/m1/s1. The van der Waals surface area contributed by atoms with Gasteiger partial charge in [0.05, 0.1) is 37.0 Å². The monoisotopic (exact) mass is 855 g/mol. The van der Waals surface area contributed by atoms with Crippen molar-refractivity contribution in [2.24, 2.45) is 0 Å². The minimum Gasteiger partial charge on any atom is -0.387 e. The number of pyridine rings is 1. The van der Waals surface area contributed by atoms with Crippen LogP contribution in [0.25, 0.3) is 5.52 Å². The van der Waals surface area contributed by atoms with E-state index in [0.29, 0.717) is 23.4 Å². The number of aliphatic hydroxyl groups excluding tert-OH is 2. The summed E-state index contributed by atoms with van der Waals surface area (Å²) in [5.41, 5.74) is 5.80. The van der Waals surface area contributed by atoms with Gasteiger partial charge in [-0.25, -0.2) is 22.5 Å². The SMILES string of the molecule is CCCCCCCCCCCCCCCCCCOC[C@H](COP(=O)(O)OC[C@H]1O[C@@](C)(c2ccc3c(N)ncnn23)[C@H](O)[C@@H]1O)OCc1cncc(S(C)(=O)=O)c1. The number of nitrogens with two attached hydrogens (primary N) is 1. The van der Waals surface area contributed by atoms with Gasteiger partial charge in [0.2, 0.25) is 0 Å². The van der Waals surface area contributed by atoms with Crippen LogP contribution in [0.2, 0.25) is 0 Å². The molecular weight excluding hydrogens is 790 g/mol. The van der Waals surface area contributed by atoms with Gasteiger partial charge in [-0.2, -0.15) is 5.10 Å². The van der Waals surface area contributed by atoms with Gasteiger partial charge in [-0.1, -0.05) is 103 Å². The van der Waals surface area contributed by atoms with Crippen LogP contribution in [0.15, 0.2) is 41.8 Å². The summed E-state index contributed by atoms with van der Waals surface area (Å²) in [5.74, 6) is 0.211. The van der Waals surface area contributed by atoms with Crippen LogP contribution in [0, 0.1) is 0 Å². The number of ether oxygens (including phenoxy) is 3. The molecule has 0 saturated carbocycles. The van der Waals surface area contributed by atoms with Crippen LogP contribution >= 0.6 is 7.82 Å². The number of aromatic nitrogens is 4. The lowest BCUT2D eigenvalue weighted by Crippen LogP contribution is -2.39. The molecule has 328 valence electrons. The first-order chi connectivity index (χ1) is 27.7. The molecule has 1 saturated heterocycles. The quantitative estimate of drug-likeness (QED) is 0.0418. The molecule has 4 heterocycles. The molecule has 0 bridgehead atoms. The molecule has 0 amide bonds. The Kier molecular flexibility index (Phi) is 19.9. The Morgan fingerprint density at radius 2 is 1.55 bits per heavy atom. The number of phosphoric acid groups is 1. The Balaban J connectivity index is 1.19. The molecule has 16 nitrogen and oxygen atoms in total. The topological polar surface area (TPSA) is 227 Å². The molecule has 5 N–H and O–H groups in total. The molecule has 3 aromatic rings. The lowest BCUT2D eigenvalue weighted by atomic mass is 9.93. The van der Waals surface area contributed by atoms with E-state index >= 15 is 0 Å². The van der Waals surface area contributed by atoms with Gasteiger partial charge < -0.3 is 35.1 Å². The predicted molar refractivity (Wildman–Crippen MR) is 220 cm³/mol. The zero-order valence-corrected chi connectivity index (χ0v) is 36.2. The number of nitrogen functional groups attached to an aromatic ring is 1. The van der Waals surface area contributed by atoms with E-state index in [1.54, 1.807) is 19.1 Å². The van der Waals surface area contributed by atoms with Crippen molar-refractivity contribution in [3.05, 3.63) is 48.2 Å². The summed E-state index contributed by atoms with van der Waals surface area (Å²) in [7, 11) is -8.23. The van der Waals surface area contributed by atoms with Gasteiger partial charge in [-0.3, -0.25) is 14.0 Å². The van der Waals surface area contributed by atoms with Crippen LogP contribution in [0.1, 0.15) is 128 Å². The van der Waals surface area contributed by atoms with E-state index in [9.17, 15) is 28.1 Å². The summed E-state index contributed by atoms with van der Waals surface area (Å²) in [6, 6.07) is 4.74. The van der Waals surface area contributed by atoms with E-state index in [1.807, 2.05) is 0 Å². The van der Waals surface area contributed by atoms with Gasteiger partial charge in [0.15, 0.2) is 15.7 Å². The molecular formula is C40H66N5O11PS. The van der Waals surface area contributed by atoms with E-state index in [4.69, 9.17) is 29.0 Å². The van der Waals surface area contributed by atoms with Crippen molar-refractivity contribution in [1.29, 1.82) is 0 Å². The van der Waals surface area contributed by atoms with Gasteiger partial charge in [0, 0.05) is 25.3 Å². The number of nitrogens with zero attached hydrogens (tertiary/aromatic N) is 4. The summed E-state index contributed by atoms with van der Waals surface area (Å²) in [4.78, 5) is 18.6. The van der Waals surface area contributed by atoms with Crippen molar-refractivity contribution in [1.82, 2.24) is 19.6 Å². The molecule has 1 fully saturated rings. The third-order valence-corrected chi connectivity index (χ3v) is 12.6. The first kappa shape index (κ1) is 48.1. The van der Waals surface area contributed by atoms with Crippen molar-refractivity contribution in [2.75, 3.05) is 38.4 Å². The fourth-order valence-electron chi connectivity index (χ4n) is 7.11. The van der Waals surface area contributed by atoms with E-state index in [-0.39, 0.29) is 23.9 Å². The Labute approximate surface area is 343 Å². The molecule has 18 heteroatoms. The molecule has 0 aromatic carbocycles. The molecule has 58 heavy (non-hydrogen) atoms. The van der Waals surface area contributed by atoms with Gasteiger partial charge in [0.25, 0.3) is 0 Å². The molecule has 4 rings (SSSR count). The maximum atomic E-state index is 13.0. The fourth-order valence-corrected chi connectivity index (χ4v) is 8.49. The second-order valence-corrected chi connectivity index (χ2v) is 19.0. The number of hydrogen-bond acceptors (Lipinski definition) is 14. The molecule has 1 aliphatic rings. The summed E-state index contributed by atoms with van der Waals surface area (Å²) in [6.45, 7) is 3.25. The number of aliphatic hydroxyl groups is 2. The highest BCUT2D eigenvalue weighted by molar-refractivity contribution is 7.90. The van der Waals surface area contributed by atoms with Crippen molar-refractivity contribution in [3.8, 4) is 0 Å². The van der Waals surface area contributed by atoms with Crippen molar-refractivity contribution in [2.45, 2.75) is 158 Å². The van der Waals surface area contributed by atoms with E-state index < -0.39 is 60.9 Å². The highest BCUT2D eigenvalue weighted by Crippen LogP contribution is 2.46. The van der Waals surface area contributed by atoms with Crippen LogP contribution in [-0.4, -0.2) is 100 Å². The van der Waals surface area contributed by atoms with Gasteiger partial charge >= 0.3 is 7.82 Å². The minimum atomic E-state index is -4.74. The summed E-state index contributed by atoms with van der Waals surface area (Å²) >= 11 is 0. The van der Waals surface area contributed by atoms with Crippen LogP contribution in [0.4, 0.5) is 5.82 Å². The highest BCUT2D eigenvalue weighted by Gasteiger charge is 2.54. The number of sulfone groups is 1. The zero-order chi connectivity index (χ0) is 42.0.